The molecule has 4 rings (SSSR count). The number of aryl methyl sites for hydroxylation is 2. The monoisotopic (exact) mass is 381 g/mol. The van der Waals surface area contributed by atoms with Crippen molar-refractivity contribution in [1.82, 2.24) is 15.3 Å². The zero-order valence-electron chi connectivity index (χ0n) is 15.5. The molecule has 7 nitrogen and oxygen atoms in total. The van der Waals surface area contributed by atoms with Crippen molar-refractivity contribution in [3.05, 3.63) is 44.7 Å². The zero-order valence-corrected chi connectivity index (χ0v) is 16.3. The van der Waals surface area contributed by atoms with Gasteiger partial charge in [0.25, 0.3) is 5.91 Å². The highest BCUT2D eigenvalue weighted by atomic mass is 32.1. The van der Waals surface area contributed by atoms with Gasteiger partial charge in [0, 0.05) is 29.4 Å². The summed E-state index contributed by atoms with van der Waals surface area (Å²) in [4.78, 5) is 21.9. The van der Waals surface area contributed by atoms with Crippen LogP contribution in [0.3, 0.4) is 0 Å². The summed E-state index contributed by atoms with van der Waals surface area (Å²) < 4.78 is 5.35. The van der Waals surface area contributed by atoms with E-state index in [1.54, 1.807) is 7.11 Å². The summed E-state index contributed by atoms with van der Waals surface area (Å²) in [6.45, 7) is 6.16. The highest BCUT2D eigenvalue weighted by Gasteiger charge is 2.32. The number of hydrogen-bond donors (Lipinski definition) is 3. The second kappa shape index (κ2) is 6.37. The number of thiophene rings is 1. The summed E-state index contributed by atoms with van der Waals surface area (Å²) in [6.07, 6.45) is -0.419. The van der Waals surface area contributed by atoms with E-state index in [1.165, 1.54) is 11.3 Å². The van der Waals surface area contributed by atoms with Gasteiger partial charge in [-0.25, -0.2) is 4.98 Å². The Hall–Kier alpha value is -2.89. The Kier molecular flexibility index (Phi) is 4.13. The number of amides is 1. The number of nitriles is 1. The Morgan fingerprint density at radius 1 is 1.33 bits per heavy atom. The van der Waals surface area contributed by atoms with E-state index in [-0.39, 0.29) is 5.91 Å². The molecule has 1 amide bonds. The molecule has 138 valence electrons. The predicted octanol–water partition coefficient (Wildman–Crippen LogP) is 3.42. The fourth-order valence-electron chi connectivity index (χ4n) is 3.71. The van der Waals surface area contributed by atoms with Crippen LogP contribution in [0.5, 0.6) is 0 Å². The third kappa shape index (κ3) is 2.67. The van der Waals surface area contributed by atoms with Crippen LogP contribution < -0.4 is 10.6 Å². The number of aromatic nitrogens is 2. The number of H-pyrrole nitrogens is 1. The Morgan fingerprint density at radius 2 is 2.11 bits per heavy atom. The summed E-state index contributed by atoms with van der Waals surface area (Å²) >= 11 is 1.38. The van der Waals surface area contributed by atoms with Crippen molar-refractivity contribution in [3.8, 4) is 6.07 Å². The fourth-order valence-corrected chi connectivity index (χ4v) is 4.84. The van der Waals surface area contributed by atoms with Crippen molar-refractivity contribution in [1.29, 1.82) is 5.26 Å². The maximum Gasteiger partial charge on any atom is 0.265 e. The maximum absolute atomic E-state index is 12.8. The lowest BCUT2D eigenvalue weighted by Crippen LogP contribution is -2.38. The molecule has 1 atom stereocenters. The largest absolute Gasteiger partial charge is 0.380 e. The van der Waals surface area contributed by atoms with Crippen molar-refractivity contribution in [3.63, 3.8) is 0 Å². The molecule has 0 aromatic carbocycles. The third-order valence-electron chi connectivity index (χ3n) is 4.84. The quantitative estimate of drug-likeness (QED) is 0.645. The summed E-state index contributed by atoms with van der Waals surface area (Å²) in [5, 5.41) is 16.7. The van der Waals surface area contributed by atoms with Crippen LogP contribution in [0, 0.1) is 32.1 Å². The Bertz CT molecular complexity index is 1120. The Balaban J connectivity index is 1.88. The smallest absolute Gasteiger partial charge is 0.265 e. The van der Waals surface area contributed by atoms with E-state index in [4.69, 9.17) is 4.74 Å². The van der Waals surface area contributed by atoms with Crippen LogP contribution in [0.1, 0.15) is 49.6 Å². The first kappa shape index (κ1) is 17.5. The first-order valence-electron chi connectivity index (χ1n) is 8.53. The first-order valence-corrected chi connectivity index (χ1v) is 9.34. The molecule has 27 heavy (non-hydrogen) atoms. The van der Waals surface area contributed by atoms with Gasteiger partial charge < -0.3 is 20.4 Å². The van der Waals surface area contributed by atoms with Crippen molar-refractivity contribution >= 4 is 33.1 Å². The summed E-state index contributed by atoms with van der Waals surface area (Å²) in [5.74, 6) is -0.142. The molecule has 0 aliphatic carbocycles. The summed E-state index contributed by atoms with van der Waals surface area (Å²) in [5.41, 5.74) is 5.76. The number of hydrogen-bond acceptors (Lipinski definition) is 6. The van der Waals surface area contributed by atoms with Gasteiger partial charge >= 0.3 is 0 Å². The van der Waals surface area contributed by atoms with Crippen LogP contribution in [0.25, 0.3) is 10.2 Å². The van der Waals surface area contributed by atoms with Gasteiger partial charge in [-0.2, -0.15) is 5.26 Å². The maximum atomic E-state index is 12.8. The van der Waals surface area contributed by atoms with Crippen molar-refractivity contribution in [2.45, 2.75) is 33.5 Å². The molecule has 4 heterocycles. The molecule has 3 aromatic rings. The first-order chi connectivity index (χ1) is 12.9. The molecule has 0 unspecified atom stereocenters. The molecule has 3 aromatic heterocycles. The van der Waals surface area contributed by atoms with E-state index >= 15 is 0 Å². The minimum absolute atomic E-state index is 0.142. The fraction of sp³-hybridized carbons (Fsp3) is 0.316. The number of rotatable bonds is 3. The van der Waals surface area contributed by atoms with Crippen LogP contribution in [0.4, 0.5) is 5.69 Å². The van der Waals surface area contributed by atoms with Crippen LogP contribution in [-0.4, -0.2) is 23.0 Å². The normalized spacial score (nSPS) is 16.0. The van der Waals surface area contributed by atoms with E-state index in [0.717, 1.165) is 44.0 Å². The molecular formula is C19H19N5O2S. The molecule has 0 bridgehead atoms. The molecular weight excluding hydrogens is 362 g/mol. The van der Waals surface area contributed by atoms with E-state index in [2.05, 4.69) is 26.7 Å². The molecule has 0 fully saturated rings. The average Bonchev–Trinajstić information content (AvgIpc) is 3.12. The second-order valence-electron chi connectivity index (χ2n) is 6.67. The van der Waals surface area contributed by atoms with E-state index in [9.17, 15) is 10.1 Å². The van der Waals surface area contributed by atoms with Gasteiger partial charge in [-0.05, 0) is 38.0 Å². The van der Waals surface area contributed by atoms with Gasteiger partial charge in [-0.15, -0.1) is 11.3 Å². The molecule has 3 N–H and O–H groups in total. The SMILES string of the molecule is COCc1cc(C)nc2sc3c(c12)N[C@@H](c1c(C)[nH]c(C#N)c1C)NC3=O. The van der Waals surface area contributed by atoms with Crippen LogP contribution in [-0.2, 0) is 11.3 Å². The highest BCUT2D eigenvalue weighted by molar-refractivity contribution is 7.21. The lowest BCUT2D eigenvalue weighted by atomic mass is 10.0. The Morgan fingerprint density at radius 3 is 2.78 bits per heavy atom. The second-order valence-corrected chi connectivity index (χ2v) is 7.67. The van der Waals surface area contributed by atoms with Gasteiger partial charge in [0.15, 0.2) is 0 Å². The van der Waals surface area contributed by atoms with Gasteiger partial charge in [-0.1, -0.05) is 0 Å². The number of carbonyl (C=O) groups excluding carboxylic acids is 1. The van der Waals surface area contributed by atoms with Gasteiger partial charge in [0.1, 0.15) is 27.6 Å². The van der Waals surface area contributed by atoms with Crippen molar-refractivity contribution < 1.29 is 9.53 Å². The van der Waals surface area contributed by atoms with Crippen molar-refractivity contribution in [2.24, 2.45) is 0 Å². The predicted molar refractivity (Wildman–Crippen MR) is 104 cm³/mol. The number of carbonyl (C=O) groups is 1. The third-order valence-corrected chi connectivity index (χ3v) is 5.92. The Labute approximate surface area is 160 Å². The molecule has 0 saturated heterocycles. The van der Waals surface area contributed by atoms with Gasteiger partial charge in [0.2, 0.25) is 0 Å². The number of aromatic amines is 1. The van der Waals surface area contributed by atoms with Gasteiger partial charge in [0.05, 0.1) is 12.3 Å². The average molecular weight is 381 g/mol. The lowest BCUT2D eigenvalue weighted by molar-refractivity contribution is 0.0940. The number of nitrogens with one attached hydrogen (secondary N) is 3. The van der Waals surface area contributed by atoms with Crippen LogP contribution in [0.2, 0.25) is 0 Å². The van der Waals surface area contributed by atoms with Gasteiger partial charge in [-0.3, -0.25) is 4.79 Å². The molecule has 0 spiro atoms. The molecule has 1 aliphatic heterocycles. The zero-order chi connectivity index (χ0) is 19.3. The van der Waals surface area contributed by atoms with Crippen molar-refractivity contribution in [2.75, 3.05) is 12.4 Å². The number of pyridine rings is 1. The van der Waals surface area contributed by atoms with Crippen LogP contribution in [0.15, 0.2) is 6.07 Å². The standard InChI is InChI=1S/C19H19N5O2S/c1-8-5-11(7-26-4)14-15-16(27-19(14)21-8)18(25)24-17(23-15)13-9(2)12(6-20)22-10(13)3/h5,17,22-23H,7H2,1-4H3,(H,24,25)/t17-/m1/s1. The summed E-state index contributed by atoms with van der Waals surface area (Å²) in [7, 11) is 1.65. The minimum Gasteiger partial charge on any atom is -0.380 e. The van der Waals surface area contributed by atoms with E-state index < -0.39 is 6.17 Å². The molecule has 0 radical (unpaired) electrons. The highest BCUT2D eigenvalue weighted by Crippen LogP contribution is 2.42. The van der Waals surface area contributed by atoms with E-state index in [0.29, 0.717) is 17.2 Å². The minimum atomic E-state index is -0.419. The molecule has 0 saturated carbocycles. The number of nitrogens with zero attached hydrogens (tertiary/aromatic N) is 2. The topological polar surface area (TPSA) is 103 Å². The number of anilines is 1. The molecule has 1 aliphatic rings. The number of fused-ring (bicyclic) bond motifs is 3. The van der Waals surface area contributed by atoms with E-state index in [1.807, 2.05) is 26.8 Å². The lowest BCUT2D eigenvalue weighted by Gasteiger charge is -2.27. The molecule has 8 heteroatoms. The van der Waals surface area contributed by atoms with Crippen LogP contribution >= 0.6 is 11.3 Å². The summed E-state index contributed by atoms with van der Waals surface area (Å²) in [6, 6.07) is 4.15. The number of methoxy groups -OCH3 is 1. The number of ether oxygens (including phenoxy) is 1.